The van der Waals surface area contributed by atoms with Crippen molar-refractivity contribution in [1.82, 2.24) is 4.90 Å². The summed E-state index contributed by atoms with van der Waals surface area (Å²) in [6.45, 7) is 2.11. The number of nitrogens with zero attached hydrogens (tertiary/aromatic N) is 1. The molecule has 0 bridgehead atoms. The van der Waals surface area contributed by atoms with Crippen molar-refractivity contribution in [2.75, 3.05) is 13.7 Å². The Labute approximate surface area is 169 Å². The number of Topliss-reactive ketones (excluding diaryl/α,β-unsaturated/α-hetero) is 1. The maximum atomic E-state index is 13.5. The van der Waals surface area contributed by atoms with E-state index in [1.54, 1.807) is 12.1 Å². The average molecular weight is 393 g/mol. The maximum Gasteiger partial charge on any atom is 0.417 e. The summed E-state index contributed by atoms with van der Waals surface area (Å²) in [5, 5.41) is 0. The van der Waals surface area contributed by atoms with Crippen molar-refractivity contribution in [1.29, 1.82) is 0 Å². The van der Waals surface area contributed by atoms with Crippen molar-refractivity contribution in [3.05, 3.63) is 65.2 Å². The lowest BCUT2D eigenvalue weighted by molar-refractivity contribution is -0.132. The molecule has 0 unspecified atom stereocenters. The van der Waals surface area contributed by atoms with Gasteiger partial charge in [-0.15, -0.1) is 0 Å². The highest BCUT2D eigenvalue weighted by atomic mass is 16.6. The lowest BCUT2D eigenvalue weighted by Crippen LogP contribution is -2.41. The van der Waals surface area contributed by atoms with Crippen LogP contribution in [0.5, 0.6) is 5.75 Å². The molecule has 150 valence electrons. The van der Waals surface area contributed by atoms with E-state index in [2.05, 4.69) is 0 Å². The molecule has 0 aromatic heterocycles. The fraction of sp³-hybridized carbons (Fsp3) is 0.348. The fourth-order valence-electron chi connectivity index (χ4n) is 4.38. The normalized spacial score (nSPS) is 23.1. The molecule has 3 atom stereocenters. The van der Waals surface area contributed by atoms with Gasteiger partial charge in [0.05, 0.1) is 7.11 Å². The summed E-state index contributed by atoms with van der Waals surface area (Å²) in [5.74, 6) is -1.35. The van der Waals surface area contributed by atoms with Crippen LogP contribution < -0.4 is 4.74 Å². The van der Waals surface area contributed by atoms with E-state index in [0.717, 1.165) is 22.4 Å². The summed E-state index contributed by atoms with van der Waals surface area (Å²) in [5.41, 5.74) is 2.16. The molecule has 1 aliphatic heterocycles. The second kappa shape index (κ2) is 7.70. The molecule has 6 nitrogen and oxygen atoms in total. The Hall–Kier alpha value is -3.15. The van der Waals surface area contributed by atoms with Crippen LogP contribution in [0, 0.1) is 5.92 Å². The molecule has 6 heteroatoms. The standard InChI is InChI=1S/C23H23NO5/c1-3-7-17-16-11-10-15(28-2)12-18(16)21(25)20(17)22(26)24-19(13-29-23(24)27)14-8-5-4-6-9-14/h4-6,8-12,17,19-20H,3,7,13H2,1-2H3/t17-,19-,20+/m1/s1. The lowest BCUT2D eigenvalue weighted by Gasteiger charge is -2.25. The molecule has 0 N–H and O–H groups in total. The van der Waals surface area contributed by atoms with Crippen LogP contribution in [0.1, 0.15) is 53.2 Å². The third kappa shape index (κ3) is 3.18. The van der Waals surface area contributed by atoms with Gasteiger partial charge in [-0.05, 0) is 29.7 Å². The van der Waals surface area contributed by atoms with Gasteiger partial charge >= 0.3 is 6.09 Å². The Kier molecular flexibility index (Phi) is 5.09. The van der Waals surface area contributed by atoms with Gasteiger partial charge in [-0.1, -0.05) is 49.7 Å². The zero-order chi connectivity index (χ0) is 20.5. The van der Waals surface area contributed by atoms with Gasteiger partial charge in [-0.3, -0.25) is 9.59 Å². The smallest absolute Gasteiger partial charge is 0.417 e. The lowest BCUT2D eigenvalue weighted by atomic mass is 9.87. The molecule has 2 aliphatic rings. The molecule has 0 saturated carbocycles. The van der Waals surface area contributed by atoms with Crippen molar-refractivity contribution in [2.45, 2.75) is 31.7 Å². The van der Waals surface area contributed by atoms with E-state index in [1.165, 1.54) is 7.11 Å². The minimum Gasteiger partial charge on any atom is -0.497 e. The van der Waals surface area contributed by atoms with Crippen molar-refractivity contribution < 1.29 is 23.9 Å². The van der Waals surface area contributed by atoms with Crippen LogP contribution in [-0.2, 0) is 9.53 Å². The molecule has 2 aromatic carbocycles. The Morgan fingerprint density at radius 1 is 1.17 bits per heavy atom. The number of cyclic esters (lactones) is 1. The first-order valence-electron chi connectivity index (χ1n) is 9.83. The van der Waals surface area contributed by atoms with Crippen LogP contribution in [0.4, 0.5) is 4.79 Å². The molecular weight excluding hydrogens is 370 g/mol. The van der Waals surface area contributed by atoms with Crippen LogP contribution in [-0.4, -0.2) is 36.4 Å². The first-order valence-corrected chi connectivity index (χ1v) is 9.83. The van der Waals surface area contributed by atoms with E-state index in [0.29, 0.717) is 17.7 Å². The molecule has 1 saturated heterocycles. The molecule has 4 rings (SSSR count). The van der Waals surface area contributed by atoms with Crippen molar-refractivity contribution >= 4 is 17.8 Å². The molecule has 29 heavy (non-hydrogen) atoms. The number of amides is 2. The first-order chi connectivity index (χ1) is 14.1. The van der Waals surface area contributed by atoms with Crippen LogP contribution in [0.3, 0.4) is 0 Å². The minimum absolute atomic E-state index is 0.0920. The second-order valence-corrected chi connectivity index (χ2v) is 7.40. The number of hydrogen-bond donors (Lipinski definition) is 0. The number of imide groups is 1. The quantitative estimate of drug-likeness (QED) is 0.715. The van der Waals surface area contributed by atoms with Crippen LogP contribution in [0.15, 0.2) is 48.5 Å². The summed E-state index contributed by atoms with van der Waals surface area (Å²) in [6.07, 6.45) is 0.806. The number of hydrogen-bond acceptors (Lipinski definition) is 5. The number of methoxy groups -OCH3 is 1. The van der Waals surface area contributed by atoms with Crippen molar-refractivity contribution in [2.24, 2.45) is 5.92 Å². The fourth-order valence-corrected chi connectivity index (χ4v) is 4.38. The minimum atomic E-state index is -0.922. The SMILES string of the molecule is CCC[C@@H]1c2ccc(OC)cc2C(=O)[C@H]1C(=O)N1C(=O)OC[C@@H]1c1ccccc1. The topological polar surface area (TPSA) is 72.9 Å². The molecule has 2 amide bonds. The highest BCUT2D eigenvalue weighted by Gasteiger charge is 2.50. The molecule has 1 aliphatic carbocycles. The number of ether oxygens (including phenoxy) is 2. The summed E-state index contributed by atoms with van der Waals surface area (Å²) in [4.78, 5) is 40.4. The van der Waals surface area contributed by atoms with E-state index < -0.39 is 24.0 Å². The zero-order valence-electron chi connectivity index (χ0n) is 16.5. The zero-order valence-corrected chi connectivity index (χ0v) is 16.5. The van der Waals surface area contributed by atoms with Crippen LogP contribution in [0.2, 0.25) is 0 Å². The van der Waals surface area contributed by atoms with E-state index in [9.17, 15) is 14.4 Å². The van der Waals surface area contributed by atoms with Gasteiger partial charge in [0.15, 0.2) is 5.78 Å². The van der Waals surface area contributed by atoms with Gasteiger partial charge in [-0.25, -0.2) is 9.69 Å². The van der Waals surface area contributed by atoms with Crippen LogP contribution >= 0.6 is 0 Å². The highest BCUT2D eigenvalue weighted by Crippen LogP contribution is 2.44. The summed E-state index contributed by atoms with van der Waals surface area (Å²) in [6, 6.07) is 14.1. The van der Waals surface area contributed by atoms with Gasteiger partial charge in [0.25, 0.3) is 0 Å². The summed E-state index contributed by atoms with van der Waals surface area (Å²) in [7, 11) is 1.54. The Bertz CT molecular complexity index is 955. The van der Waals surface area contributed by atoms with Gasteiger partial charge in [0, 0.05) is 11.5 Å². The molecule has 0 spiro atoms. The highest BCUT2D eigenvalue weighted by molar-refractivity contribution is 6.16. The predicted molar refractivity (Wildman–Crippen MR) is 106 cm³/mol. The Morgan fingerprint density at radius 2 is 1.93 bits per heavy atom. The largest absolute Gasteiger partial charge is 0.497 e. The van der Waals surface area contributed by atoms with Gasteiger partial charge in [-0.2, -0.15) is 0 Å². The van der Waals surface area contributed by atoms with Gasteiger partial charge in [0.2, 0.25) is 5.91 Å². The van der Waals surface area contributed by atoms with Crippen molar-refractivity contribution in [3.63, 3.8) is 0 Å². The monoisotopic (exact) mass is 393 g/mol. The molecule has 2 aromatic rings. The van der Waals surface area contributed by atoms with E-state index >= 15 is 0 Å². The van der Waals surface area contributed by atoms with Gasteiger partial charge < -0.3 is 9.47 Å². The molecule has 1 heterocycles. The number of benzene rings is 2. The van der Waals surface area contributed by atoms with Gasteiger partial charge in [0.1, 0.15) is 24.3 Å². The molecule has 0 radical (unpaired) electrons. The van der Waals surface area contributed by atoms with E-state index in [1.807, 2.05) is 43.3 Å². The number of carbonyl (C=O) groups excluding carboxylic acids is 3. The summed E-state index contributed by atoms with van der Waals surface area (Å²) >= 11 is 0. The van der Waals surface area contributed by atoms with Crippen molar-refractivity contribution in [3.8, 4) is 5.75 Å². The third-order valence-corrected chi connectivity index (χ3v) is 5.77. The Balaban J connectivity index is 1.71. The maximum absolute atomic E-state index is 13.5. The predicted octanol–water partition coefficient (Wildman–Crippen LogP) is 4.11. The number of fused-ring (bicyclic) bond motifs is 1. The Morgan fingerprint density at radius 3 is 2.62 bits per heavy atom. The summed E-state index contributed by atoms with van der Waals surface area (Å²) < 4.78 is 10.4. The average Bonchev–Trinajstić information content (AvgIpc) is 3.26. The number of ketones is 1. The second-order valence-electron chi connectivity index (χ2n) is 7.40. The number of carbonyl (C=O) groups is 3. The first kappa shape index (κ1) is 19.2. The molecular formula is C23H23NO5. The van der Waals surface area contributed by atoms with E-state index in [4.69, 9.17) is 9.47 Å². The van der Waals surface area contributed by atoms with Crippen LogP contribution in [0.25, 0.3) is 0 Å². The van der Waals surface area contributed by atoms with E-state index in [-0.39, 0.29) is 18.3 Å². The third-order valence-electron chi connectivity index (χ3n) is 5.77. The molecule has 1 fully saturated rings. The number of rotatable bonds is 5.